The molecule has 2 N–H and O–H groups in total. The smallest absolute Gasteiger partial charge is 0.256 e. The first kappa shape index (κ1) is 16.7. The molecule has 3 rings (SSSR count). The van der Waals surface area contributed by atoms with E-state index in [9.17, 15) is 9.90 Å². The highest BCUT2D eigenvalue weighted by atomic mass is 16.3. The van der Waals surface area contributed by atoms with Gasteiger partial charge in [-0.25, -0.2) is 0 Å². The monoisotopic (exact) mass is 332 g/mol. The van der Waals surface area contributed by atoms with E-state index in [1.54, 1.807) is 6.07 Å². The first-order valence-corrected chi connectivity index (χ1v) is 8.20. The molecule has 0 aliphatic carbocycles. The van der Waals surface area contributed by atoms with Gasteiger partial charge < -0.3 is 19.7 Å². The average molecular weight is 332 g/mol. The zero-order chi connectivity index (χ0) is 17.4. The van der Waals surface area contributed by atoms with Gasteiger partial charge in [0.25, 0.3) is 5.91 Å². The molecule has 7 nitrogen and oxygen atoms in total. The third kappa shape index (κ3) is 2.85. The van der Waals surface area contributed by atoms with Crippen LogP contribution in [0.15, 0.2) is 12.1 Å². The molecule has 2 aromatic heterocycles. The molecule has 1 atom stereocenters. The Bertz CT molecular complexity index is 762. The van der Waals surface area contributed by atoms with Crippen LogP contribution in [0.4, 0.5) is 0 Å². The third-order valence-corrected chi connectivity index (χ3v) is 4.84. The second-order valence-electron chi connectivity index (χ2n) is 6.41. The van der Waals surface area contributed by atoms with Gasteiger partial charge in [0.1, 0.15) is 6.10 Å². The predicted molar refractivity (Wildman–Crippen MR) is 88.5 cm³/mol. The molecule has 1 aliphatic heterocycles. The number of aryl methyl sites for hydroxylation is 2. The largest absolute Gasteiger partial charge is 0.393 e. The maximum absolute atomic E-state index is 12.9. The number of hydrogen-bond donors (Lipinski definition) is 2. The van der Waals surface area contributed by atoms with Gasteiger partial charge in [-0.15, -0.1) is 0 Å². The maximum Gasteiger partial charge on any atom is 0.256 e. The van der Waals surface area contributed by atoms with E-state index in [-0.39, 0.29) is 12.5 Å². The second-order valence-corrected chi connectivity index (χ2v) is 6.41. The first-order valence-electron chi connectivity index (χ1n) is 8.20. The number of fused-ring (bicyclic) bond motifs is 1. The van der Waals surface area contributed by atoms with Gasteiger partial charge in [-0.05, 0) is 32.4 Å². The van der Waals surface area contributed by atoms with Crippen molar-refractivity contribution >= 4 is 5.91 Å². The summed E-state index contributed by atoms with van der Waals surface area (Å²) in [7, 11) is 1.96. The summed E-state index contributed by atoms with van der Waals surface area (Å²) in [4.78, 5) is 14.8. The molecule has 1 amide bonds. The summed E-state index contributed by atoms with van der Waals surface area (Å²) < 4.78 is 3.84. The number of nitrogens with zero attached hydrogens (tertiary/aromatic N) is 4. The van der Waals surface area contributed by atoms with E-state index < -0.39 is 6.10 Å². The third-order valence-electron chi connectivity index (χ3n) is 4.84. The van der Waals surface area contributed by atoms with E-state index >= 15 is 0 Å². The lowest BCUT2D eigenvalue weighted by Gasteiger charge is -2.20. The molecule has 0 bridgehead atoms. The quantitative estimate of drug-likeness (QED) is 0.875. The van der Waals surface area contributed by atoms with Gasteiger partial charge in [0.2, 0.25) is 0 Å². The molecule has 24 heavy (non-hydrogen) atoms. The minimum absolute atomic E-state index is 0.0232. The molecule has 0 radical (unpaired) electrons. The Hall–Kier alpha value is -2.12. The van der Waals surface area contributed by atoms with Crippen molar-refractivity contribution in [2.24, 2.45) is 7.05 Å². The van der Waals surface area contributed by atoms with Crippen LogP contribution in [0, 0.1) is 13.8 Å². The lowest BCUT2D eigenvalue weighted by Crippen LogP contribution is -2.31. The van der Waals surface area contributed by atoms with E-state index in [1.165, 1.54) is 0 Å². The van der Waals surface area contributed by atoms with Crippen LogP contribution in [-0.4, -0.2) is 48.5 Å². The van der Waals surface area contributed by atoms with Crippen molar-refractivity contribution in [3.8, 4) is 0 Å². The Morgan fingerprint density at radius 1 is 1.33 bits per heavy atom. The van der Waals surface area contributed by atoms with Crippen molar-refractivity contribution in [3.05, 3.63) is 40.5 Å². The summed E-state index contributed by atoms with van der Waals surface area (Å²) in [6.07, 6.45) is -0.174. The highest BCUT2D eigenvalue weighted by Gasteiger charge is 2.25. The Morgan fingerprint density at radius 3 is 2.71 bits per heavy atom. The molecule has 3 heterocycles. The Kier molecular flexibility index (Phi) is 4.47. The average Bonchev–Trinajstić information content (AvgIpc) is 3.01. The van der Waals surface area contributed by atoms with Gasteiger partial charge >= 0.3 is 0 Å². The van der Waals surface area contributed by atoms with Gasteiger partial charge in [-0.3, -0.25) is 9.48 Å². The fraction of sp³-hybridized carbons (Fsp3) is 0.529. The van der Waals surface area contributed by atoms with Crippen molar-refractivity contribution in [3.63, 3.8) is 0 Å². The Labute approximate surface area is 141 Å². The Morgan fingerprint density at radius 2 is 2.08 bits per heavy atom. The molecule has 2 aromatic rings. The van der Waals surface area contributed by atoms with Crippen LogP contribution >= 0.6 is 0 Å². The topological polar surface area (TPSA) is 83.5 Å². The van der Waals surface area contributed by atoms with Crippen LogP contribution in [0.1, 0.15) is 45.7 Å². The zero-order valence-electron chi connectivity index (χ0n) is 14.4. The normalized spacial score (nSPS) is 16.0. The highest BCUT2D eigenvalue weighted by Crippen LogP contribution is 2.21. The number of aliphatic hydroxyl groups is 2. The molecule has 0 saturated heterocycles. The number of aliphatic hydroxyl groups excluding tert-OH is 2. The molecule has 130 valence electrons. The van der Waals surface area contributed by atoms with E-state index in [4.69, 9.17) is 5.11 Å². The summed E-state index contributed by atoms with van der Waals surface area (Å²) in [5, 5.41) is 23.2. The maximum atomic E-state index is 12.9. The molecule has 0 unspecified atom stereocenters. The first-order chi connectivity index (χ1) is 11.4. The minimum atomic E-state index is -0.979. The van der Waals surface area contributed by atoms with Crippen molar-refractivity contribution in [1.29, 1.82) is 0 Å². The lowest BCUT2D eigenvalue weighted by molar-refractivity contribution is 0.0744. The van der Waals surface area contributed by atoms with Crippen molar-refractivity contribution in [2.45, 2.75) is 39.5 Å². The predicted octanol–water partition coefficient (Wildman–Crippen LogP) is 0.910. The molecule has 0 fully saturated rings. The standard InChI is InChI=1S/C17H24N4O3/c1-11-7-14(12(2)19(11)3)17(24)20-5-4-6-21-13(9-20)8-15(18-21)16(23)10-22/h7-8,16,22-23H,4-6,9-10H2,1-3H3/t16-/m1/s1. The fourth-order valence-electron chi connectivity index (χ4n) is 3.16. The molecular weight excluding hydrogens is 308 g/mol. The highest BCUT2D eigenvalue weighted by molar-refractivity contribution is 5.95. The van der Waals surface area contributed by atoms with Crippen LogP contribution in [0.5, 0.6) is 0 Å². The zero-order valence-corrected chi connectivity index (χ0v) is 14.4. The van der Waals surface area contributed by atoms with Crippen molar-refractivity contribution in [2.75, 3.05) is 13.2 Å². The Balaban J connectivity index is 1.86. The van der Waals surface area contributed by atoms with Crippen LogP contribution in [-0.2, 0) is 20.1 Å². The molecular formula is C17H24N4O3. The number of carbonyl (C=O) groups excluding carboxylic acids is 1. The number of hydrogen-bond acceptors (Lipinski definition) is 4. The molecule has 7 heteroatoms. The van der Waals surface area contributed by atoms with Crippen LogP contribution in [0.3, 0.4) is 0 Å². The van der Waals surface area contributed by atoms with Crippen LogP contribution in [0.2, 0.25) is 0 Å². The summed E-state index contributed by atoms with van der Waals surface area (Å²) in [5.41, 5.74) is 4.09. The molecule has 1 aliphatic rings. The van der Waals surface area contributed by atoms with Gasteiger partial charge in [-0.1, -0.05) is 0 Å². The van der Waals surface area contributed by atoms with Gasteiger partial charge in [0.15, 0.2) is 0 Å². The number of amides is 1. The summed E-state index contributed by atoms with van der Waals surface area (Å²) >= 11 is 0. The van der Waals surface area contributed by atoms with Crippen molar-refractivity contribution in [1.82, 2.24) is 19.2 Å². The van der Waals surface area contributed by atoms with Crippen LogP contribution < -0.4 is 0 Å². The number of carbonyl (C=O) groups is 1. The second kappa shape index (κ2) is 6.41. The van der Waals surface area contributed by atoms with Gasteiger partial charge in [0, 0.05) is 31.5 Å². The molecule has 0 saturated carbocycles. The molecule has 0 aromatic carbocycles. The van der Waals surface area contributed by atoms with Gasteiger partial charge in [-0.2, -0.15) is 5.10 Å². The van der Waals surface area contributed by atoms with E-state index in [1.807, 2.05) is 41.1 Å². The summed E-state index contributed by atoms with van der Waals surface area (Å²) in [6.45, 7) is 5.42. The van der Waals surface area contributed by atoms with Crippen molar-refractivity contribution < 1.29 is 15.0 Å². The fourth-order valence-corrected chi connectivity index (χ4v) is 3.16. The summed E-state index contributed by atoms with van der Waals surface area (Å²) in [6, 6.07) is 3.70. The minimum Gasteiger partial charge on any atom is -0.393 e. The summed E-state index contributed by atoms with van der Waals surface area (Å²) in [5.74, 6) is 0.0232. The van der Waals surface area contributed by atoms with Crippen LogP contribution in [0.25, 0.3) is 0 Å². The SMILES string of the molecule is Cc1cc(C(=O)N2CCCn3nc([C@H](O)CO)cc3C2)c(C)n1C. The number of aromatic nitrogens is 3. The van der Waals surface area contributed by atoms with E-state index in [0.717, 1.165) is 29.1 Å². The van der Waals surface area contributed by atoms with E-state index in [0.29, 0.717) is 25.3 Å². The van der Waals surface area contributed by atoms with E-state index in [2.05, 4.69) is 5.10 Å². The number of rotatable bonds is 3. The lowest BCUT2D eigenvalue weighted by atomic mass is 10.2. The van der Waals surface area contributed by atoms with Gasteiger partial charge in [0.05, 0.1) is 30.1 Å². The molecule has 0 spiro atoms.